The van der Waals surface area contributed by atoms with Crippen molar-refractivity contribution in [2.75, 3.05) is 0 Å². The van der Waals surface area contributed by atoms with E-state index in [0.717, 1.165) is 34.5 Å². The molecule has 0 saturated carbocycles. The molecule has 0 bridgehead atoms. The summed E-state index contributed by atoms with van der Waals surface area (Å²) in [6, 6.07) is 7.95. The van der Waals surface area contributed by atoms with Crippen molar-refractivity contribution in [3.8, 4) is 5.75 Å². The number of rotatable bonds is 5. The third-order valence-electron chi connectivity index (χ3n) is 2.98. The van der Waals surface area contributed by atoms with Crippen molar-refractivity contribution in [2.45, 2.75) is 25.3 Å². The Kier molecular flexibility index (Phi) is 4.88. The second kappa shape index (κ2) is 6.44. The Morgan fingerprint density at radius 1 is 1.37 bits per heavy atom. The summed E-state index contributed by atoms with van der Waals surface area (Å²) in [6.07, 6.45) is 0.824. The van der Waals surface area contributed by atoms with E-state index in [2.05, 4.69) is 21.0 Å². The van der Waals surface area contributed by atoms with Gasteiger partial charge in [-0.2, -0.15) is 5.10 Å². The predicted molar refractivity (Wildman–Crippen MR) is 81.0 cm³/mol. The molecule has 0 aliphatic heterocycles. The highest BCUT2D eigenvalue weighted by atomic mass is 79.9. The van der Waals surface area contributed by atoms with Gasteiger partial charge >= 0.3 is 0 Å². The van der Waals surface area contributed by atoms with E-state index in [1.54, 1.807) is 4.68 Å². The van der Waals surface area contributed by atoms with Crippen LogP contribution in [0.25, 0.3) is 0 Å². The standard InChI is InChI=1S/C14H16BrClN2O/c1-3-11-14(16)12(18(2)17-11)9-19-13-7-5-4-6-10(13)8-15/h4-7H,3,8-9H2,1-2H3. The van der Waals surface area contributed by atoms with Crippen molar-refractivity contribution in [3.63, 3.8) is 0 Å². The molecule has 0 fully saturated rings. The number of benzene rings is 1. The van der Waals surface area contributed by atoms with Crippen LogP contribution in [0.5, 0.6) is 5.75 Å². The summed E-state index contributed by atoms with van der Waals surface area (Å²) in [6.45, 7) is 2.46. The molecule has 0 aliphatic carbocycles. The Hall–Kier alpha value is -1.000. The smallest absolute Gasteiger partial charge is 0.131 e. The van der Waals surface area contributed by atoms with Crippen LogP contribution < -0.4 is 4.74 Å². The van der Waals surface area contributed by atoms with Gasteiger partial charge < -0.3 is 4.74 Å². The van der Waals surface area contributed by atoms with Crippen LogP contribution in [0.4, 0.5) is 0 Å². The molecule has 0 spiro atoms. The van der Waals surface area contributed by atoms with Crippen LogP contribution in [-0.2, 0) is 25.4 Å². The highest BCUT2D eigenvalue weighted by Gasteiger charge is 2.13. The quantitative estimate of drug-likeness (QED) is 0.764. The van der Waals surface area contributed by atoms with E-state index in [1.807, 2.05) is 38.2 Å². The number of para-hydroxylation sites is 1. The first-order chi connectivity index (χ1) is 9.17. The summed E-state index contributed by atoms with van der Waals surface area (Å²) in [5.74, 6) is 0.870. The van der Waals surface area contributed by atoms with Crippen molar-refractivity contribution >= 4 is 27.5 Å². The maximum atomic E-state index is 6.30. The largest absolute Gasteiger partial charge is 0.487 e. The van der Waals surface area contributed by atoms with Crippen molar-refractivity contribution in [1.82, 2.24) is 9.78 Å². The molecular weight excluding hydrogens is 328 g/mol. The summed E-state index contributed by atoms with van der Waals surface area (Å²) < 4.78 is 7.65. The van der Waals surface area contributed by atoms with E-state index in [1.165, 1.54) is 0 Å². The number of alkyl halides is 1. The third-order valence-corrected chi connectivity index (χ3v) is 4.02. The van der Waals surface area contributed by atoms with Gasteiger partial charge in [-0.3, -0.25) is 4.68 Å². The molecule has 102 valence electrons. The number of ether oxygens (including phenoxy) is 1. The topological polar surface area (TPSA) is 27.1 Å². The molecular formula is C14H16BrClN2O. The molecule has 1 aromatic heterocycles. The van der Waals surface area contributed by atoms with Gasteiger partial charge in [0.25, 0.3) is 0 Å². The highest BCUT2D eigenvalue weighted by molar-refractivity contribution is 9.08. The molecule has 0 atom stereocenters. The van der Waals surface area contributed by atoms with E-state index in [9.17, 15) is 0 Å². The molecule has 19 heavy (non-hydrogen) atoms. The van der Waals surface area contributed by atoms with Crippen LogP contribution in [0, 0.1) is 0 Å². The number of hydrogen-bond donors (Lipinski definition) is 0. The molecule has 2 rings (SSSR count). The zero-order valence-electron chi connectivity index (χ0n) is 11.0. The Morgan fingerprint density at radius 3 is 2.74 bits per heavy atom. The van der Waals surface area contributed by atoms with E-state index >= 15 is 0 Å². The zero-order chi connectivity index (χ0) is 13.8. The monoisotopic (exact) mass is 342 g/mol. The first-order valence-corrected chi connectivity index (χ1v) is 7.64. The summed E-state index contributed by atoms with van der Waals surface area (Å²) >= 11 is 9.75. The molecule has 1 heterocycles. The Labute approximate surface area is 126 Å². The Bertz CT molecular complexity index is 569. The first-order valence-electron chi connectivity index (χ1n) is 6.14. The number of nitrogens with zero attached hydrogens (tertiary/aromatic N) is 2. The van der Waals surface area contributed by atoms with Crippen LogP contribution in [0.3, 0.4) is 0 Å². The lowest BCUT2D eigenvalue weighted by molar-refractivity contribution is 0.293. The van der Waals surface area contributed by atoms with E-state index < -0.39 is 0 Å². The fraction of sp³-hybridized carbons (Fsp3) is 0.357. The SMILES string of the molecule is CCc1nn(C)c(COc2ccccc2CBr)c1Cl. The lowest BCUT2D eigenvalue weighted by atomic mass is 10.2. The zero-order valence-corrected chi connectivity index (χ0v) is 13.3. The maximum absolute atomic E-state index is 6.30. The summed E-state index contributed by atoms with van der Waals surface area (Å²) in [4.78, 5) is 0. The van der Waals surface area contributed by atoms with Crippen molar-refractivity contribution in [2.24, 2.45) is 7.05 Å². The van der Waals surface area contributed by atoms with Gasteiger partial charge in [0, 0.05) is 17.9 Å². The van der Waals surface area contributed by atoms with Crippen LogP contribution in [0.1, 0.15) is 23.9 Å². The maximum Gasteiger partial charge on any atom is 0.131 e. The van der Waals surface area contributed by atoms with Gasteiger partial charge in [0.15, 0.2) is 0 Å². The molecule has 0 aliphatic rings. The molecule has 0 amide bonds. The minimum Gasteiger partial charge on any atom is -0.487 e. The normalized spacial score (nSPS) is 10.7. The van der Waals surface area contributed by atoms with Crippen LogP contribution >= 0.6 is 27.5 Å². The number of aryl methyl sites for hydroxylation is 2. The van der Waals surface area contributed by atoms with Gasteiger partial charge in [0.05, 0.1) is 16.4 Å². The second-order valence-corrected chi connectivity index (χ2v) is 5.15. The van der Waals surface area contributed by atoms with Gasteiger partial charge in [-0.1, -0.05) is 52.7 Å². The third kappa shape index (κ3) is 3.12. The first kappa shape index (κ1) is 14.4. The van der Waals surface area contributed by atoms with Crippen LogP contribution in [-0.4, -0.2) is 9.78 Å². The van der Waals surface area contributed by atoms with Crippen LogP contribution in [0.2, 0.25) is 5.02 Å². The second-order valence-electron chi connectivity index (χ2n) is 4.21. The molecule has 5 heteroatoms. The van der Waals surface area contributed by atoms with Gasteiger partial charge in [-0.05, 0) is 12.5 Å². The van der Waals surface area contributed by atoms with Gasteiger partial charge in [0.1, 0.15) is 12.4 Å². The number of aromatic nitrogens is 2. The summed E-state index contributed by atoms with van der Waals surface area (Å²) in [5, 5.41) is 5.85. The molecule has 2 aromatic rings. The van der Waals surface area contributed by atoms with Gasteiger partial charge in [0.2, 0.25) is 0 Å². The molecule has 0 unspecified atom stereocenters. The van der Waals surface area contributed by atoms with Gasteiger partial charge in [-0.25, -0.2) is 0 Å². The molecule has 1 aromatic carbocycles. The molecule has 3 nitrogen and oxygen atoms in total. The van der Waals surface area contributed by atoms with E-state index in [4.69, 9.17) is 16.3 Å². The Morgan fingerprint density at radius 2 is 2.11 bits per heavy atom. The molecule has 0 N–H and O–H groups in total. The summed E-state index contributed by atoms with van der Waals surface area (Å²) in [5.41, 5.74) is 2.94. The average molecular weight is 344 g/mol. The van der Waals surface area contributed by atoms with E-state index in [-0.39, 0.29) is 0 Å². The fourth-order valence-electron chi connectivity index (χ4n) is 1.88. The lowest BCUT2D eigenvalue weighted by Crippen LogP contribution is -2.04. The minimum absolute atomic E-state index is 0.423. The van der Waals surface area contributed by atoms with Crippen molar-refractivity contribution in [3.05, 3.63) is 46.2 Å². The van der Waals surface area contributed by atoms with Gasteiger partial charge in [-0.15, -0.1) is 0 Å². The minimum atomic E-state index is 0.423. The lowest BCUT2D eigenvalue weighted by Gasteiger charge is -2.10. The highest BCUT2D eigenvalue weighted by Crippen LogP contribution is 2.25. The average Bonchev–Trinajstić information content (AvgIpc) is 2.71. The number of halogens is 2. The molecule has 0 saturated heterocycles. The number of hydrogen-bond acceptors (Lipinski definition) is 2. The van der Waals surface area contributed by atoms with Crippen LogP contribution in [0.15, 0.2) is 24.3 Å². The fourth-order valence-corrected chi connectivity index (χ4v) is 2.69. The predicted octanol–water partition coefficient (Wildman–Crippen LogP) is 4.11. The Balaban J connectivity index is 2.17. The molecule has 0 radical (unpaired) electrons. The van der Waals surface area contributed by atoms with E-state index in [0.29, 0.717) is 11.6 Å². The van der Waals surface area contributed by atoms with Crippen molar-refractivity contribution in [1.29, 1.82) is 0 Å². The van der Waals surface area contributed by atoms with Crippen molar-refractivity contribution < 1.29 is 4.74 Å². The summed E-state index contributed by atoms with van der Waals surface area (Å²) in [7, 11) is 1.89.